The van der Waals surface area contributed by atoms with Crippen LogP contribution in [0.5, 0.6) is 5.75 Å². The predicted molar refractivity (Wildman–Crippen MR) is 83.9 cm³/mol. The molecular formula is C17H13F3N2O2. The van der Waals surface area contributed by atoms with E-state index in [0.717, 1.165) is 17.5 Å². The molecule has 0 aliphatic heterocycles. The molecule has 0 fully saturated rings. The third kappa shape index (κ3) is 2.58. The van der Waals surface area contributed by atoms with E-state index in [1.165, 1.54) is 7.11 Å². The molecule has 0 radical (unpaired) electrons. The zero-order chi connectivity index (χ0) is 17.4. The Labute approximate surface area is 135 Å². The number of carbonyl (C=O) groups is 1. The molecule has 7 heteroatoms. The summed E-state index contributed by atoms with van der Waals surface area (Å²) in [6.45, 7) is 1.72. The van der Waals surface area contributed by atoms with Crippen molar-refractivity contribution in [3.8, 4) is 5.75 Å². The van der Waals surface area contributed by atoms with E-state index in [9.17, 15) is 18.0 Å². The smallest absolute Gasteiger partial charge is 0.272 e. The van der Waals surface area contributed by atoms with Gasteiger partial charge in [-0.15, -0.1) is 0 Å². The Kier molecular flexibility index (Phi) is 3.92. The van der Waals surface area contributed by atoms with Gasteiger partial charge in [0.2, 0.25) is 0 Å². The summed E-state index contributed by atoms with van der Waals surface area (Å²) < 4.78 is 45.0. The normalized spacial score (nSPS) is 10.9. The van der Waals surface area contributed by atoms with Crippen LogP contribution in [0.2, 0.25) is 0 Å². The summed E-state index contributed by atoms with van der Waals surface area (Å²) in [6, 6.07) is 6.95. The van der Waals surface area contributed by atoms with Gasteiger partial charge in [-0.25, -0.2) is 13.2 Å². The minimum Gasteiger partial charge on any atom is -0.497 e. The third-order valence-corrected chi connectivity index (χ3v) is 3.78. The van der Waals surface area contributed by atoms with Crippen molar-refractivity contribution in [1.82, 2.24) is 4.98 Å². The number of aromatic amines is 1. The van der Waals surface area contributed by atoms with Crippen molar-refractivity contribution in [2.45, 2.75) is 6.92 Å². The molecule has 0 unspecified atom stereocenters. The summed E-state index contributed by atoms with van der Waals surface area (Å²) in [5.41, 5.74) is 1.09. The Morgan fingerprint density at radius 2 is 1.88 bits per heavy atom. The number of amides is 1. The molecule has 2 aromatic carbocycles. The van der Waals surface area contributed by atoms with Crippen LogP contribution in [0.3, 0.4) is 0 Å². The lowest BCUT2D eigenvalue weighted by molar-refractivity contribution is 0.102. The van der Waals surface area contributed by atoms with Gasteiger partial charge in [0.05, 0.1) is 12.8 Å². The molecule has 3 rings (SSSR count). The Morgan fingerprint density at radius 3 is 2.58 bits per heavy atom. The first-order valence-corrected chi connectivity index (χ1v) is 7.03. The molecule has 24 heavy (non-hydrogen) atoms. The Hall–Kier alpha value is -2.96. The van der Waals surface area contributed by atoms with E-state index in [1.54, 1.807) is 25.1 Å². The lowest BCUT2D eigenvalue weighted by atomic mass is 10.1. The molecule has 124 valence electrons. The lowest BCUT2D eigenvalue weighted by Gasteiger charge is -2.07. The number of anilines is 1. The van der Waals surface area contributed by atoms with Crippen LogP contribution in [-0.2, 0) is 0 Å². The number of methoxy groups -OCH3 is 1. The summed E-state index contributed by atoms with van der Waals surface area (Å²) in [5.74, 6) is -4.43. The molecule has 4 nitrogen and oxygen atoms in total. The highest BCUT2D eigenvalue weighted by molar-refractivity contribution is 6.08. The Morgan fingerprint density at radius 1 is 1.12 bits per heavy atom. The fourth-order valence-corrected chi connectivity index (χ4v) is 2.47. The zero-order valence-corrected chi connectivity index (χ0v) is 12.8. The molecule has 3 aromatic rings. The molecule has 0 saturated carbocycles. The van der Waals surface area contributed by atoms with Crippen LogP contribution >= 0.6 is 0 Å². The number of hydrogen-bond donors (Lipinski definition) is 2. The number of rotatable bonds is 3. The minimum atomic E-state index is -1.63. The molecule has 1 amide bonds. The highest BCUT2D eigenvalue weighted by atomic mass is 19.2. The predicted octanol–water partition coefficient (Wildman–Crippen LogP) is 4.15. The van der Waals surface area contributed by atoms with Gasteiger partial charge in [-0.1, -0.05) is 0 Å². The molecule has 0 spiro atoms. The number of carbonyl (C=O) groups excluding carboxylic acids is 1. The topological polar surface area (TPSA) is 54.1 Å². The number of aryl methyl sites for hydroxylation is 1. The first kappa shape index (κ1) is 15.9. The Bertz CT molecular complexity index is 951. The number of ether oxygens (including phenoxy) is 1. The largest absolute Gasteiger partial charge is 0.497 e. The maximum atomic E-state index is 13.7. The van der Waals surface area contributed by atoms with Gasteiger partial charge in [0.25, 0.3) is 5.91 Å². The van der Waals surface area contributed by atoms with E-state index >= 15 is 0 Å². The van der Waals surface area contributed by atoms with Gasteiger partial charge >= 0.3 is 0 Å². The van der Waals surface area contributed by atoms with Crippen molar-refractivity contribution in [3.63, 3.8) is 0 Å². The molecule has 2 N–H and O–H groups in total. The van der Waals surface area contributed by atoms with Gasteiger partial charge in [-0.05, 0) is 42.8 Å². The maximum absolute atomic E-state index is 13.7. The molecule has 0 aliphatic rings. The van der Waals surface area contributed by atoms with Crippen molar-refractivity contribution in [2.24, 2.45) is 0 Å². The van der Waals surface area contributed by atoms with Crippen LogP contribution in [0.4, 0.5) is 18.9 Å². The van der Waals surface area contributed by atoms with Crippen LogP contribution in [0.15, 0.2) is 30.3 Å². The van der Waals surface area contributed by atoms with Crippen LogP contribution < -0.4 is 10.1 Å². The van der Waals surface area contributed by atoms with Crippen molar-refractivity contribution >= 4 is 22.5 Å². The third-order valence-electron chi connectivity index (χ3n) is 3.78. The van der Waals surface area contributed by atoms with Gasteiger partial charge in [-0.2, -0.15) is 0 Å². The van der Waals surface area contributed by atoms with E-state index in [4.69, 9.17) is 4.74 Å². The van der Waals surface area contributed by atoms with Gasteiger partial charge in [-0.3, -0.25) is 4.79 Å². The molecule has 1 heterocycles. The number of nitrogens with one attached hydrogen (secondary N) is 2. The second-order valence-corrected chi connectivity index (χ2v) is 5.21. The summed E-state index contributed by atoms with van der Waals surface area (Å²) in [4.78, 5) is 15.3. The lowest BCUT2D eigenvalue weighted by Crippen LogP contribution is -2.15. The fraction of sp³-hybridized carbons (Fsp3) is 0.118. The average Bonchev–Trinajstić information content (AvgIpc) is 2.91. The number of aromatic nitrogens is 1. The van der Waals surface area contributed by atoms with E-state index in [2.05, 4.69) is 10.3 Å². The number of benzene rings is 2. The van der Waals surface area contributed by atoms with E-state index < -0.39 is 29.0 Å². The molecule has 0 bridgehead atoms. The summed E-state index contributed by atoms with van der Waals surface area (Å²) in [5, 5.41) is 3.01. The fourth-order valence-electron chi connectivity index (χ4n) is 2.47. The van der Waals surface area contributed by atoms with Gasteiger partial charge in [0, 0.05) is 10.9 Å². The summed E-state index contributed by atoms with van der Waals surface area (Å²) in [6.07, 6.45) is 0. The van der Waals surface area contributed by atoms with E-state index in [1.807, 2.05) is 0 Å². The maximum Gasteiger partial charge on any atom is 0.272 e. The van der Waals surface area contributed by atoms with Gasteiger partial charge < -0.3 is 15.0 Å². The number of fused-ring (bicyclic) bond motifs is 1. The monoisotopic (exact) mass is 334 g/mol. The SMILES string of the molecule is COc1ccc2[nH]c(C(=O)Nc3ccc(F)c(F)c3F)c(C)c2c1. The van der Waals surface area contributed by atoms with Gasteiger partial charge in [0.1, 0.15) is 11.4 Å². The number of halogens is 3. The van der Waals surface area contributed by atoms with Crippen molar-refractivity contribution in [2.75, 3.05) is 12.4 Å². The molecule has 1 aromatic heterocycles. The first-order valence-electron chi connectivity index (χ1n) is 7.03. The van der Waals surface area contributed by atoms with Crippen molar-refractivity contribution in [3.05, 3.63) is 59.0 Å². The standard InChI is InChI=1S/C17H13F3N2O2/c1-8-10-7-9(24-2)3-5-12(10)21-16(8)17(23)22-13-6-4-11(18)14(19)15(13)20/h3-7,21H,1-2H3,(H,22,23). The highest BCUT2D eigenvalue weighted by Gasteiger charge is 2.19. The first-order chi connectivity index (χ1) is 11.4. The number of hydrogen-bond acceptors (Lipinski definition) is 2. The van der Waals surface area contributed by atoms with E-state index in [-0.39, 0.29) is 5.69 Å². The minimum absolute atomic E-state index is 0.197. The second kappa shape index (κ2) is 5.92. The quantitative estimate of drug-likeness (QED) is 0.707. The van der Waals surface area contributed by atoms with Crippen LogP contribution in [-0.4, -0.2) is 18.0 Å². The average molecular weight is 334 g/mol. The summed E-state index contributed by atoms with van der Waals surface area (Å²) >= 11 is 0. The van der Waals surface area contributed by atoms with Crippen molar-refractivity contribution in [1.29, 1.82) is 0 Å². The molecular weight excluding hydrogens is 321 g/mol. The molecule has 0 atom stereocenters. The number of H-pyrrole nitrogens is 1. The van der Waals surface area contributed by atoms with Gasteiger partial charge in [0.15, 0.2) is 17.5 Å². The second-order valence-electron chi connectivity index (χ2n) is 5.21. The summed E-state index contributed by atoms with van der Waals surface area (Å²) in [7, 11) is 1.53. The van der Waals surface area contributed by atoms with Crippen LogP contribution in [0.1, 0.15) is 16.1 Å². The zero-order valence-electron chi connectivity index (χ0n) is 12.8. The van der Waals surface area contributed by atoms with Crippen LogP contribution in [0, 0.1) is 24.4 Å². The Balaban J connectivity index is 1.97. The highest BCUT2D eigenvalue weighted by Crippen LogP contribution is 2.27. The van der Waals surface area contributed by atoms with Crippen LogP contribution in [0.25, 0.3) is 10.9 Å². The van der Waals surface area contributed by atoms with Crippen molar-refractivity contribution < 1.29 is 22.7 Å². The molecule has 0 saturated heterocycles. The van der Waals surface area contributed by atoms with E-state index in [0.29, 0.717) is 16.8 Å². The molecule has 0 aliphatic carbocycles.